The van der Waals surface area contributed by atoms with Crippen molar-refractivity contribution in [2.75, 3.05) is 12.3 Å². The molecule has 88 valence electrons. The number of aromatic nitrogens is 1. The predicted molar refractivity (Wildman–Crippen MR) is 67.0 cm³/mol. The standard InChI is InChI=1S/C12H12N2O2Se/c1-2-16-11(15)10-9(14-12(13)17-10)8-6-4-3-5-7-8/h3-7H,2H2,1H3,(H2,13,14). The van der Waals surface area contributed by atoms with Crippen LogP contribution in [0.2, 0.25) is 0 Å². The number of hydrogen-bond donors (Lipinski definition) is 1. The topological polar surface area (TPSA) is 65.2 Å². The number of nitrogen functional groups attached to an aromatic ring is 1. The minimum atomic E-state index is -0.310. The van der Waals surface area contributed by atoms with E-state index in [1.54, 1.807) is 6.92 Å². The molecule has 1 aromatic carbocycles. The van der Waals surface area contributed by atoms with E-state index in [4.69, 9.17) is 10.5 Å². The van der Waals surface area contributed by atoms with Crippen molar-refractivity contribution in [3.8, 4) is 11.3 Å². The zero-order valence-electron chi connectivity index (χ0n) is 9.34. The second kappa shape index (κ2) is 5.17. The Balaban J connectivity index is 2.44. The van der Waals surface area contributed by atoms with E-state index in [0.29, 0.717) is 21.4 Å². The number of ether oxygens (including phenoxy) is 1. The van der Waals surface area contributed by atoms with E-state index >= 15 is 0 Å². The van der Waals surface area contributed by atoms with Crippen LogP contribution in [0.3, 0.4) is 0 Å². The van der Waals surface area contributed by atoms with E-state index in [2.05, 4.69) is 4.98 Å². The van der Waals surface area contributed by atoms with Crippen LogP contribution in [0.5, 0.6) is 0 Å². The first-order chi connectivity index (χ1) is 8.22. The van der Waals surface area contributed by atoms with E-state index < -0.39 is 0 Å². The predicted octanol–water partition coefficient (Wildman–Crippen LogP) is 1.56. The molecule has 0 amide bonds. The molecular formula is C12H12N2O2Se. The molecule has 0 radical (unpaired) electrons. The van der Waals surface area contributed by atoms with Crippen molar-refractivity contribution in [1.29, 1.82) is 0 Å². The number of carbonyl (C=O) groups excluding carboxylic acids is 1. The molecule has 17 heavy (non-hydrogen) atoms. The van der Waals surface area contributed by atoms with E-state index in [9.17, 15) is 4.79 Å². The van der Waals surface area contributed by atoms with Crippen molar-refractivity contribution in [2.24, 2.45) is 0 Å². The van der Waals surface area contributed by atoms with Crippen molar-refractivity contribution < 1.29 is 9.53 Å². The van der Waals surface area contributed by atoms with E-state index in [0.717, 1.165) is 5.56 Å². The summed E-state index contributed by atoms with van der Waals surface area (Å²) in [5.41, 5.74) is 7.27. The monoisotopic (exact) mass is 296 g/mol. The summed E-state index contributed by atoms with van der Waals surface area (Å²) in [4.78, 5) is 16.0. The molecular weight excluding hydrogens is 283 g/mol. The third-order valence-corrected chi connectivity index (χ3v) is 3.97. The molecule has 5 heteroatoms. The quantitative estimate of drug-likeness (QED) is 0.689. The molecule has 0 bridgehead atoms. The van der Waals surface area contributed by atoms with Gasteiger partial charge in [0.1, 0.15) is 0 Å². The Morgan fingerprint density at radius 2 is 2.12 bits per heavy atom. The first-order valence-corrected chi connectivity index (χ1v) is 6.92. The first kappa shape index (κ1) is 11.9. The summed E-state index contributed by atoms with van der Waals surface area (Å²) in [6, 6.07) is 9.55. The van der Waals surface area contributed by atoms with E-state index in [1.165, 1.54) is 0 Å². The minimum absolute atomic E-state index is 0.225. The fourth-order valence-corrected chi connectivity index (χ4v) is 3.03. The molecule has 0 atom stereocenters. The average Bonchev–Trinajstić information content (AvgIpc) is 2.73. The van der Waals surface area contributed by atoms with Gasteiger partial charge >= 0.3 is 105 Å². The number of nitrogens with two attached hydrogens (primary N) is 1. The Labute approximate surface area is 105 Å². The van der Waals surface area contributed by atoms with Gasteiger partial charge in [0.05, 0.1) is 0 Å². The summed E-state index contributed by atoms with van der Waals surface area (Å²) in [5.74, 6) is -0.310. The molecule has 0 aliphatic heterocycles. The summed E-state index contributed by atoms with van der Waals surface area (Å²) in [5, 5.41) is 0. The maximum absolute atomic E-state index is 11.8. The Bertz CT molecular complexity index is 523. The molecule has 1 aromatic heterocycles. The van der Waals surface area contributed by atoms with Gasteiger partial charge in [0.15, 0.2) is 0 Å². The summed E-state index contributed by atoms with van der Waals surface area (Å²) in [6.45, 7) is 2.15. The summed E-state index contributed by atoms with van der Waals surface area (Å²) >= 11 is -0.225. The van der Waals surface area contributed by atoms with Crippen LogP contribution in [-0.4, -0.2) is 32.1 Å². The van der Waals surface area contributed by atoms with Crippen LogP contribution in [-0.2, 0) is 4.74 Å². The third kappa shape index (κ3) is 2.57. The summed E-state index contributed by atoms with van der Waals surface area (Å²) in [7, 11) is 0. The molecule has 0 saturated heterocycles. The van der Waals surface area contributed by atoms with Crippen LogP contribution in [0.4, 0.5) is 4.69 Å². The van der Waals surface area contributed by atoms with Crippen molar-refractivity contribution >= 4 is 25.2 Å². The SMILES string of the molecule is CCOC(=O)c1[se]c(N)nc1-c1ccccc1. The molecule has 2 rings (SSSR count). The maximum atomic E-state index is 11.8. The number of rotatable bonds is 3. The second-order valence-electron chi connectivity index (χ2n) is 3.32. The van der Waals surface area contributed by atoms with Gasteiger partial charge in [0.2, 0.25) is 0 Å². The number of esters is 1. The van der Waals surface area contributed by atoms with Gasteiger partial charge in [-0.3, -0.25) is 0 Å². The third-order valence-electron chi connectivity index (χ3n) is 2.15. The van der Waals surface area contributed by atoms with Crippen LogP contribution in [0, 0.1) is 0 Å². The zero-order valence-corrected chi connectivity index (χ0v) is 11.1. The van der Waals surface area contributed by atoms with Crippen molar-refractivity contribution in [2.45, 2.75) is 6.92 Å². The van der Waals surface area contributed by atoms with Gasteiger partial charge in [0.25, 0.3) is 0 Å². The molecule has 2 aromatic rings. The Hall–Kier alpha value is -1.58. The number of anilines is 1. The zero-order chi connectivity index (χ0) is 12.3. The van der Waals surface area contributed by atoms with Crippen LogP contribution in [0.25, 0.3) is 11.3 Å². The molecule has 2 N–H and O–H groups in total. The Kier molecular flexibility index (Phi) is 3.61. The molecule has 0 aliphatic rings. The number of carbonyl (C=O) groups is 1. The van der Waals surface area contributed by atoms with Crippen molar-refractivity contribution in [3.05, 3.63) is 34.8 Å². The number of nitrogens with zero attached hydrogens (tertiary/aromatic N) is 1. The summed E-state index contributed by atoms with van der Waals surface area (Å²) < 4.78 is 6.13. The fraction of sp³-hybridized carbons (Fsp3) is 0.167. The van der Waals surface area contributed by atoms with Gasteiger partial charge in [-0.1, -0.05) is 0 Å². The number of hydrogen-bond acceptors (Lipinski definition) is 4. The molecule has 0 aliphatic carbocycles. The second-order valence-corrected chi connectivity index (χ2v) is 5.48. The van der Waals surface area contributed by atoms with Crippen LogP contribution in [0.1, 0.15) is 16.2 Å². The van der Waals surface area contributed by atoms with Gasteiger partial charge in [-0.25, -0.2) is 0 Å². The first-order valence-electron chi connectivity index (χ1n) is 5.21. The van der Waals surface area contributed by atoms with E-state index in [1.807, 2.05) is 30.3 Å². The van der Waals surface area contributed by atoms with Gasteiger partial charge in [0, 0.05) is 0 Å². The number of benzene rings is 1. The van der Waals surface area contributed by atoms with E-state index in [-0.39, 0.29) is 20.5 Å². The molecule has 0 saturated carbocycles. The average molecular weight is 295 g/mol. The van der Waals surface area contributed by atoms with Crippen molar-refractivity contribution in [1.82, 2.24) is 4.98 Å². The molecule has 1 heterocycles. The molecule has 0 unspecified atom stereocenters. The van der Waals surface area contributed by atoms with Crippen LogP contribution < -0.4 is 5.73 Å². The van der Waals surface area contributed by atoms with Gasteiger partial charge in [-0.2, -0.15) is 0 Å². The Morgan fingerprint density at radius 3 is 2.76 bits per heavy atom. The molecule has 0 spiro atoms. The summed E-state index contributed by atoms with van der Waals surface area (Å²) in [6.07, 6.45) is 0. The fourth-order valence-electron chi connectivity index (χ4n) is 1.46. The van der Waals surface area contributed by atoms with Crippen LogP contribution >= 0.6 is 0 Å². The van der Waals surface area contributed by atoms with Crippen molar-refractivity contribution in [3.63, 3.8) is 0 Å². The van der Waals surface area contributed by atoms with Crippen LogP contribution in [0.15, 0.2) is 30.3 Å². The molecule has 4 nitrogen and oxygen atoms in total. The normalized spacial score (nSPS) is 10.2. The van der Waals surface area contributed by atoms with Gasteiger partial charge in [-0.15, -0.1) is 0 Å². The van der Waals surface area contributed by atoms with Gasteiger partial charge in [-0.05, 0) is 0 Å². The molecule has 0 fully saturated rings. The Morgan fingerprint density at radius 1 is 1.41 bits per heavy atom. The van der Waals surface area contributed by atoms with Gasteiger partial charge < -0.3 is 0 Å².